The molecule has 0 aromatic heterocycles. The smallest absolute Gasteiger partial charge is 0.240 e. The fourth-order valence-electron chi connectivity index (χ4n) is 2.33. The monoisotopic (exact) mass is 338 g/mol. The number of hydrogen-bond donors (Lipinski definition) is 2. The Hall–Kier alpha value is -0.330. The number of sulfonamides is 1. The van der Waals surface area contributed by atoms with Crippen LogP contribution in [0.5, 0.6) is 0 Å². The highest BCUT2D eigenvalue weighted by Crippen LogP contribution is 2.22. The van der Waals surface area contributed by atoms with Gasteiger partial charge in [-0.3, -0.25) is 0 Å². The van der Waals surface area contributed by atoms with Crippen molar-refractivity contribution in [3.63, 3.8) is 0 Å². The second kappa shape index (κ2) is 7.61. The Balaban J connectivity index is 0.00000200. The molecule has 1 fully saturated rings. The zero-order chi connectivity index (χ0) is 13.9. The molecule has 1 aromatic carbocycles. The lowest BCUT2D eigenvalue weighted by Gasteiger charge is -2.12. The van der Waals surface area contributed by atoms with E-state index in [9.17, 15) is 8.42 Å². The molecule has 0 saturated carbocycles. The predicted molar refractivity (Wildman–Crippen MR) is 84.3 cm³/mol. The lowest BCUT2D eigenvalue weighted by atomic mass is 10.2. The number of nitrogens with one attached hydrogen (secondary N) is 2. The molecule has 20 heavy (non-hydrogen) atoms. The molecule has 1 atom stereocenters. The fraction of sp³-hybridized carbons (Fsp3) is 0.538. The third-order valence-corrected chi connectivity index (χ3v) is 5.47. The zero-order valence-corrected chi connectivity index (χ0v) is 13.7. The SMILES string of the molecule is Cc1c(Cl)cccc1S(=O)(=O)NCC[C@H]1CCCN1.Cl. The fourth-order valence-corrected chi connectivity index (χ4v) is 3.87. The van der Waals surface area contributed by atoms with Crippen LogP contribution in [0.25, 0.3) is 0 Å². The van der Waals surface area contributed by atoms with Gasteiger partial charge in [0.05, 0.1) is 4.90 Å². The molecule has 7 heteroatoms. The summed E-state index contributed by atoms with van der Waals surface area (Å²) in [5.74, 6) is 0. The van der Waals surface area contributed by atoms with E-state index in [1.54, 1.807) is 25.1 Å². The van der Waals surface area contributed by atoms with Crippen LogP contribution in [-0.2, 0) is 10.0 Å². The normalized spacial score (nSPS) is 18.8. The van der Waals surface area contributed by atoms with Gasteiger partial charge in [0.1, 0.15) is 0 Å². The summed E-state index contributed by atoms with van der Waals surface area (Å²) in [5.41, 5.74) is 0.593. The molecule has 1 aliphatic heterocycles. The van der Waals surface area contributed by atoms with E-state index in [1.807, 2.05) is 0 Å². The highest BCUT2D eigenvalue weighted by Gasteiger charge is 2.19. The maximum Gasteiger partial charge on any atom is 0.240 e. The number of rotatable bonds is 5. The van der Waals surface area contributed by atoms with Gasteiger partial charge in [-0.25, -0.2) is 13.1 Å². The van der Waals surface area contributed by atoms with Gasteiger partial charge in [0.25, 0.3) is 0 Å². The topological polar surface area (TPSA) is 58.2 Å². The van der Waals surface area contributed by atoms with Crippen LogP contribution in [0.4, 0.5) is 0 Å². The third kappa shape index (κ3) is 4.33. The highest BCUT2D eigenvalue weighted by molar-refractivity contribution is 7.89. The van der Waals surface area contributed by atoms with E-state index in [2.05, 4.69) is 10.0 Å². The summed E-state index contributed by atoms with van der Waals surface area (Å²) in [5, 5.41) is 3.82. The van der Waals surface area contributed by atoms with Crippen LogP contribution < -0.4 is 10.0 Å². The minimum Gasteiger partial charge on any atom is -0.314 e. The van der Waals surface area contributed by atoms with E-state index >= 15 is 0 Å². The first kappa shape index (κ1) is 17.7. The number of halogens is 2. The Morgan fingerprint density at radius 1 is 1.45 bits per heavy atom. The van der Waals surface area contributed by atoms with Crippen LogP contribution >= 0.6 is 24.0 Å². The lowest BCUT2D eigenvalue weighted by Crippen LogP contribution is -2.31. The molecule has 1 saturated heterocycles. The van der Waals surface area contributed by atoms with Gasteiger partial charge in [-0.15, -0.1) is 12.4 Å². The van der Waals surface area contributed by atoms with Gasteiger partial charge in [-0.1, -0.05) is 17.7 Å². The van der Waals surface area contributed by atoms with Crippen LogP contribution in [0.15, 0.2) is 23.1 Å². The zero-order valence-electron chi connectivity index (χ0n) is 11.4. The second-order valence-corrected chi connectivity index (χ2v) is 6.99. The molecular formula is C13H20Cl2N2O2S. The lowest BCUT2D eigenvalue weighted by molar-refractivity contribution is 0.539. The molecule has 0 aliphatic carbocycles. The van der Waals surface area contributed by atoms with Crippen molar-refractivity contribution in [2.45, 2.75) is 37.1 Å². The van der Waals surface area contributed by atoms with Crippen molar-refractivity contribution in [2.75, 3.05) is 13.1 Å². The van der Waals surface area contributed by atoms with Crippen molar-refractivity contribution in [3.8, 4) is 0 Å². The molecule has 2 rings (SSSR count). The van der Waals surface area contributed by atoms with Gasteiger partial charge in [0.2, 0.25) is 10.0 Å². The summed E-state index contributed by atoms with van der Waals surface area (Å²) in [6, 6.07) is 5.36. The van der Waals surface area contributed by atoms with Gasteiger partial charge in [0, 0.05) is 17.6 Å². The molecule has 1 heterocycles. The van der Waals surface area contributed by atoms with E-state index < -0.39 is 10.0 Å². The van der Waals surface area contributed by atoms with Crippen LogP contribution in [0.2, 0.25) is 5.02 Å². The Morgan fingerprint density at radius 3 is 2.85 bits per heavy atom. The summed E-state index contributed by atoms with van der Waals surface area (Å²) in [4.78, 5) is 0.263. The molecular weight excluding hydrogens is 319 g/mol. The van der Waals surface area contributed by atoms with Crippen molar-refractivity contribution in [3.05, 3.63) is 28.8 Å². The van der Waals surface area contributed by atoms with Crippen molar-refractivity contribution in [2.24, 2.45) is 0 Å². The maximum absolute atomic E-state index is 12.2. The Kier molecular flexibility index (Phi) is 6.75. The highest BCUT2D eigenvalue weighted by atomic mass is 35.5. The molecule has 0 bridgehead atoms. The van der Waals surface area contributed by atoms with Gasteiger partial charge in [-0.2, -0.15) is 0 Å². The summed E-state index contributed by atoms with van der Waals surface area (Å²) >= 11 is 5.96. The first-order chi connectivity index (χ1) is 9.00. The first-order valence-corrected chi connectivity index (χ1v) is 8.35. The summed E-state index contributed by atoms with van der Waals surface area (Å²) < 4.78 is 27.0. The van der Waals surface area contributed by atoms with E-state index in [0.29, 0.717) is 23.2 Å². The van der Waals surface area contributed by atoms with E-state index in [-0.39, 0.29) is 17.3 Å². The molecule has 1 aliphatic rings. The largest absolute Gasteiger partial charge is 0.314 e. The maximum atomic E-state index is 12.2. The minimum absolute atomic E-state index is 0. The molecule has 0 unspecified atom stereocenters. The van der Waals surface area contributed by atoms with Crippen LogP contribution in [0.3, 0.4) is 0 Å². The van der Waals surface area contributed by atoms with Crippen molar-refractivity contribution in [1.82, 2.24) is 10.0 Å². The molecule has 0 spiro atoms. The minimum atomic E-state index is -3.47. The average molecular weight is 339 g/mol. The predicted octanol–water partition coefficient (Wildman–Crippen LogP) is 2.49. The van der Waals surface area contributed by atoms with E-state index in [4.69, 9.17) is 11.6 Å². The van der Waals surface area contributed by atoms with Gasteiger partial charge >= 0.3 is 0 Å². The molecule has 114 valence electrons. The van der Waals surface area contributed by atoms with Gasteiger partial charge in [0.15, 0.2) is 0 Å². The van der Waals surface area contributed by atoms with E-state index in [0.717, 1.165) is 19.4 Å². The van der Waals surface area contributed by atoms with E-state index in [1.165, 1.54) is 6.42 Å². The summed E-state index contributed by atoms with van der Waals surface area (Å²) in [6.45, 7) is 3.20. The molecule has 1 aromatic rings. The Morgan fingerprint density at radius 2 is 2.20 bits per heavy atom. The van der Waals surface area contributed by atoms with Crippen molar-refractivity contribution in [1.29, 1.82) is 0 Å². The van der Waals surface area contributed by atoms with Crippen LogP contribution in [-0.4, -0.2) is 27.5 Å². The first-order valence-electron chi connectivity index (χ1n) is 6.49. The van der Waals surface area contributed by atoms with Gasteiger partial charge < -0.3 is 5.32 Å². The second-order valence-electron chi connectivity index (χ2n) is 4.84. The average Bonchev–Trinajstić information content (AvgIpc) is 2.85. The van der Waals surface area contributed by atoms with Crippen molar-refractivity contribution >= 4 is 34.0 Å². The Labute approximate surface area is 131 Å². The molecule has 4 nitrogen and oxygen atoms in total. The standard InChI is InChI=1S/C13H19ClN2O2S.ClH/c1-10-12(14)5-2-6-13(10)19(17,18)16-9-7-11-4-3-8-15-11;/h2,5-6,11,15-16H,3-4,7-9H2,1H3;1H/t11-;/m1./s1. The number of hydrogen-bond acceptors (Lipinski definition) is 3. The van der Waals surface area contributed by atoms with Crippen molar-refractivity contribution < 1.29 is 8.42 Å². The summed E-state index contributed by atoms with van der Waals surface area (Å²) in [6.07, 6.45) is 3.11. The molecule has 0 radical (unpaired) electrons. The number of benzene rings is 1. The van der Waals surface area contributed by atoms with Gasteiger partial charge in [-0.05, 0) is 50.4 Å². The molecule has 0 amide bonds. The third-order valence-electron chi connectivity index (χ3n) is 3.45. The van der Waals surface area contributed by atoms with Crippen LogP contribution in [0, 0.1) is 6.92 Å². The quantitative estimate of drug-likeness (QED) is 0.867. The summed E-state index contributed by atoms with van der Waals surface area (Å²) in [7, 11) is -3.47. The molecule has 2 N–H and O–H groups in total. The van der Waals surface area contributed by atoms with Crippen LogP contribution in [0.1, 0.15) is 24.8 Å². The Bertz CT molecular complexity index is 543.